The van der Waals surface area contributed by atoms with Crippen LogP contribution in [-0.4, -0.2) is 23.0 Å². The molecule has 0 spiro atoms. The molecule has 2 heterocycles. The lowest BCUT2D eigenvalue weighted by molar-refractivity contribution is -0.384. The fraction of sp³-hybridized carbons (Fsp3) is 0.267. The number of nitrogens with zero attached hydrogens (tertiary/aromatic N) is 3. The quantitative estimate of drug-likeness (QED) is 0.493. The van der Waals surface area contributed by atoms with E-state index in [2.05, 4.69) is 17.1 Å². The Labute approximate surface area is 127 Å². The Balaban J connectivity index is 1.86. The fourth-order valence-corrected chi connectivity index (χ4v) is 2.89. The molecule has 1 aliphatic heterocycles. The molecule has 1 unspecified atom stereocenters. The topological polar surface area (TPSA) is 59.3 Å². The maximum atomic E-state index is 11.1. The van der Waals surface area contributed by atoms with Crippen LogP contribution in [0.5, 0.6) is 0 Å². The Bertz CT molecular complexity index is 663. The summed E-state index contributed by atoms with van der Waals surface area (Å²) >= 11 is 5.89. The standard InChI is InChI=1S/C15H14ClN3O2/c16-14-7-6-13(19(20)21)15(17-14)18-9-8-12(10-18)11-4-2-1-3-5-11/h1-7,12H,8-10H2. The van der Waals surface area contributed by atoms with Gasteiger partial charge < -0.3 is 4.90 Å². The van der Waals surface area contributed by atoms with Crippen LogP contribution in [0, 0.1) is 10.1 Å². The summed E-state index contributed by atoms with van der Waals surface area (Å²) in [6.07, 6.45) is 0.954. The van der Waals surface area contributed by atoms with Crippen molar-refractivity contribution < 1.29 is 4.92 Å². The molecule has 21 heavy (non-hydrogen) atoms. The van der Waals surface area contributed by atoms with E-state index in [1.54, 1.807) is 0 Å². The molecule has 0 N–H and O–H groups in total. The maximum absolute atomic E-state index is 11.1. The van der Waals surface area contributed by atoms with Crippen molar-refractivity contribution in [2.45, 2.75) is 12.3 Å². The molecule has 1 saturated heterocycles. The molecule has 5 nitrogen and oxygen atoms in total. The number of nitro groups is 1. The summed E-state index contributed by atoms with van der Waals surface area (Å²) in [5.74, 6) is 0.734. The molecule has 0 amide bonds. The predicted octanol–water partition coefficient (Wildman–Crippen LogP) is 3.64. The number of pyridine rings is 1. The summed E-state index contributed by atoms with van der Waals surface area (Å²) in [6.45, 7) is 1.46. The van der Waals surface area contributed by atoms with Gasteiger partial charge >= 0.3 is 5.69 Å². The Morgan fingerprint density at radius 1 is 1.24 bits per heavy atom. The van der Waals surface area contributed by atoms with Crippen molar-refractivity contribution in [3.05, 3.63) is 63.3 Å². The lowest BCUT2D eigenvalue weighted by atomic mass is 9.99. The van der Waals surface area contributed by atoms with Crippen molar-refractivity contribution in [2.75, 3.05) is 18.0 Å². The number of benzene rings is 1. The number of hydrogen-bond acceptors (Lipinski definition) is 4. The first-order valence-corrected chi connectivity index (χ1v) is 7.14. The zero-order chi connectivity index (χ0) is 14.8. The summed E-state index contributed by atoms with van der Waals surface area (Å²) in [4.78, 5) is 16.8. The van der Waals surface area contributed by atoms with E-state index in [0.29, 0.717) is 11.7 Å². The van der Waals surface area contributed by atoms with Crippen LogP contribution in [0.3, 0.4) is 0 Å². The van der Waals surface area contributed by atoms with Crippen molar-refractivity contribution in [3.8, 4) is 0 Å². The van der Waals surface area contributed by atoms with Crippen LogP contribution in [0.25, 0.3) is 0 Å². The average Bonchev–Trinajstić information content (AvgIpc) is 2.97. The molecule has 1 aromatic heterocycles. The molecule has 108 valence electrons. The molecule has 1 atom stereocenters. The molecule has 1 aliphatic rings. The third-order valence-electron chi connectivity index (χ3n) is 3.78. The predicted molar refractivity (Wildman–Crippen MR) is 81.9 cm³/mol. The summed E-state index contributed by atoms with van der Waals surface area (Å²) in [7, 11) is 0. The van der Waals surface area contributed by atoms with Gasteiger partial charge in [-0.15, -0.1) is 0 Å². The van der Waals surface area contributed by atoms with E-state index in [0.717, 1.165) is 19.5 Å². The second kappa shape index (κ2) is 5.69. The van der Waals surface area contributed by atoms with Gasteiger partial charge in [0.2, 0.25) is 5.82 Å². The molecule has 3 rings (SSSR count). The van der Waals surface area contributed by atoms with Gasteiger partial charge in [0.15, 0.2) is 0 Å². The number of anilines is 1. The van der Waals surface area contributed by atoms with E-state index in [1.165, 1.54) is 17.7 Å². The van der Waals surface area contributed by atoms with Gasteiger partial charge in [0, 0.05) is 25.1 Å². The van der Waals surface area contributed by atoms with Crippen molar-refractivity contribution >= 4 is 23.1 Å². The van der Waals surface area contributed by atoms with Crippen molar-refractivity contribution in [1.29, 1.82) is 0 Å². The van der Waals surface area contributed by atoms with Gasteiger partial charge in [-0.1, -0.05) is 41.9 Å². The first kappa shape index (κ1) is 13.8. The van der Waals surface area contributed by atoms with Crippen LogP contribution in [0.15, 0.2) is 42.5 Å². The third kappa shape index (κ3) is 2.83. The van der Waals surface area contributed by atoms with Gasteiger partial charge in [-0.2, -0.15) is 0 Å². The summed E-state index contributed by atoms with van der Waals surface area (Å²) < 4.78 is 0. The van der Waals surface area contributed by atoms with Crippen LogP contribution >= 0.6 is 11.6 Å². The second-order valence-electron chi connectivity index (χ2n) is 5.08. The zero-order valence-electron chi connectivity index (χ0n) is 11.3. The van der Waals surface area contributed by atoms with Crippen LogP contribution < -0.4 is 4.90 Å². The molecule has 0 radical (unpaired) electrons. The minimum atomic E-state index is -0.408. The SMILES string of the molecule is O=[N+]([O-])c1ccc(Cl)nc1N1CCC(c2ccccc2)C1. The van der Waals surface area contributed by atoms with E-state index in [1.807, 2.05) is 23.1 Å². The number of hydrogen-bond donors (Lipinski definition) is 0. The van der Waals surface area contributed by atoms with Crippen molar-refractivity contribution in [1.82, 2.24) is 4.98 Å². The smallest absolute Gasteiger partial charge is 0.311 e. The highest BCUT2D eigenvalue weighted by molar-refractivity contribution is 6.29. The Morgan fingerprint density at radius 2 is 2.00 bits per heavy atom. The lowest BCUT2D eigenvalue weighted by Gasteiger charge is -2.17. The Hall–Kier alpha value is -2.14. The first-order valence-electron chi connectivity index (χ1n) is 6.76. The molecule has 0 saturated carbocycles. The second-order valence-corrected chi connectivity index (χ2v) is 5.46. The van der Waals surface area contributed by atoms with Crippen LogP contribution in [0.1, 0.15) is 17.9 Å². The zero-order valence-corrected chi connectivity index (χ0v) is 12.0. The Morgan fingerprint density at radius 3 is 2.71 bits per heavy atom. The third-order valence-corrected chi connectivity index (χ3v) is 3.99. The summed E-state index contributed by atoms with van der Waals surface area (Å²) in [5, 5.41) is 11.4. The van der Waals surface area contributed by atoms with E-state index >= 15 is 0 Å². The Kier molecular flexibility index (Phi) is 3.75. The maximum Gasteiger partial charge on any atom is 0.311 e. The highest BCUT2D eigenvalue weighted by Crippen LogP contribution is 2.34. The molecule has 2 aromatic rings. The van der Waals surface area contributed by atoms with Crippen molar-refractivity contribution in [2.24, 2.45) is 0 Å². The van der Waals surface area contributed by atoms with E-state index in [4.69, 9.17) is 11.6 Å². The summed E-state index contributed by atoms with van der Waals surface area (Å²) in [6, 6.07) is 13.1. The molecule has 1 fully saturated rings. The van der Waals surface area contributed by atoms with Crippen LogP contribution in [-0.2, 0) is 0 Å². The van der Waals surface area contributed by atoms with Gasteiger partial charge in [-0.05, 0) is 18.1 Å². The minimum Gasteiger partial charge on any atom is -0.350 e. The monoisotopic (exact) mass is 303 g/mol. The number of halogens is 1. The van der Waals surface area contributed by atoms with E-state index in [9.17, 15) is 10.1 Å². The molecular weight excluding hydrogens is 290 g/mol. The number of rotatable bonds is 3. The lowest BCUT2D eigenvalue weighted by Crippen LogP contribution is -2.21. The van der Waals surface area contributed by atoms with Gasteiger partial charge in [0.1, 0.15) is 5.15 Å². The van der Waals surface area contributed by atoms with Gasteiger partial charge in [0.05, 0.1) is 4.92 Å². The highest BCUT2D eigenvalue weighted by Gasteiger charge is 2.29. The number of aromatic nitrogens is 1. The molecule has 0 aliphatic carbocycles. The molecule has 6 heteroatoms. The molecule has 0 bridgehead atoms. The van der Waals surface area contributed by atoms with E-state index < -0.39 is 4.92 Å². The highest BCUT2D eigenvalue weighted by atomic mass is 35.5. The van der Waals surface area contributed by atoms with Crippen LogP contribution in [0.4, 0.5) is 11.5 Å². The van der Waals surface area contributed by atoms with E-state index in [-0.39, 0.29) is 10.8 Å². The van der Waals surface area contributed by atoms with Crippen molar-refractivity contribution in [3.63, 3.8) is 0 Å². The minimum absolute atomic E-state index is 0.00751. The van der Waals surface area contributed by atoms with Crippen LogP contribution in [0.2, 0.25) is 5.15 Å². The summed E-state index contributed by atoms with van der Waals surface area (Å²) in [5.41, 5.74) is 1.26. The average molecular weight is 304 g/mol. The van der Waals surface area contributed by atoms with Gasteiger partial charge in [-0.25, -0.2) is 4.98 Å². The molecular formula is C15H14ClN3O2. The van der Waals surface area contributed by atoms with Gasteiger partial charge in [-0.3, -0.25) is 10.1 Å². The normalized spacial score (nSPS) is 18.0. The first-order chi connectivity index (χ1) is 10.1. The fourth-order valence-electron chi connectivity index (χ4n) is 2.74. The molecule has 1 aromatic carbocycles. The largest absolute Gasteiger partial charge is 0.350 e. The van der Waals surface area contributed by atoms with Gasteiger partial charge in [0.25, 0.3) is 0 Å².